The Labute approximate surface area is 115 Å². The predicted octanol–water partition coefficient (Wildman–Crippen LogP) is 4.11. The lowest BCUT2D eigenvalue weighted by Crippen LogP contribution is -2.16. The van der Waals surface area contributed by atoms with Gasteiger partial charge in [0.25, 0.3) is 0 Å². The summed E-state index contributed by atoms with van der Waals surface area (Å²) in [5, 5.41) is 0.652. The van der Waals surface area contributed by atoms with E-state index in [9.17, 15) is 0 Å². The number of hydrogen-bond acceptors (Lipinski definition) is 2. The van der Waals surface area contributed by atoms with Crippen molar-refractivity contribution in [1.82, 2.24) is 14.5 Å². The summed E-state index contributed by atoms with van der Waals surface area (Å²) in [7, 11) is 0. The second-order valence-corrected chi connectivity index (χ2v) is 6.39. The fourth-order valence-electron chi connectivity index (χ4n) is 3.82. The second kappa shape index (κ2) is 3.81. The summed E-state index contributed by atoms with van der Waals surface area (Å²) in [5.41, 5.74) is 1.91. The molecule has 0 saturated heterocycles. The van der Waals surface area contributed by atoms with Crippen molar-refractivity contribution >= 4 is 35.0 Å². The summed E-state index contributed by atoms with van der Waals surface area (Å²) in [6.07, 6.45) is 7.08. The van der Waals surface area contributed by atoms with Gasteiger partial charge in [0, 0.05) is 12.2 Å². The van der Waals surface area contributed by atoms with Gasteiger partial charge in [0.1, 0.15) is 0 Å². The van der Waals surface area contributed by atoms with E-state index < -0.39 is 0 Å². The zero-order valence-electron chi connectivity index (χ0n) is 9.90. The molecule has 0 aliphatic heterocycles. The summed E-state index contributed by atoms with van der Waals surface area (Å²) in [6, 6.07) is 2.45. The van der Waals surface area contributed by atoms with Crippen LogP contribution in [0.15, 0.2) is 12.3 Å². The van der Waals surface area contributed by atoms with Crippen molar-refractivity contribution in [3.05, 3.63) is 22.1 Å². The number of rotatable bonds is 1. The van der Waals surface area contributed by atoms with Crippen LogP contribution < -0.4 is 0 Å². The van der Waals surface area contributed by atoms with Crippen LogP contribution in [0.2, 0.25) is 5.02 Å². The van der Waals surface area contributed by atoms with E-state index in [4.69, 9.17) is 23.8 Å². The van der Waals surface area contributed by atoms with Gasteiger partial charge in [-0.2, -0.15) is 0 Å². The largest absolute Gasteiger partial charge is 0.329 e. The Morgan fingerprint density at radius 1 is 1.39 bits per heavy atom. The van der Waals surface area contributed by atoms with E-state index in [1.807, 2.05) is 6.07 Å². The van der Waals surface area contributed by atoms with Gasteiger partial charge in [0.05, 0.1) is 10.5 Å². The summed E-state index contributed by atoms with van der Waals surface area (Å²) in [5.74, 6) is 1.69. The fraction of sp³-hybridized carbons (Fsp3) is 0.538. The first-order valence-corrected chi connectivity index (χ1v) is 7.27. The molecule has 3 atom stereocenters. The van der Waals surface area contributed by atoms with E-state index in [-0.39, 0.29) is 0 Å². The van der Waals surface area contributed by atoms with E-state index >= 15 is 0 Å². The van der Waals surface area contributed by atoms with Gasteiger partial charge in [0.15, 0.2) is 10.4 Å². The molecule has 1 N–H and O–H groups in total. The Kier molecular flexibility index (Phi) is 2.33. The van der Waals surface area contributed by atoms with E-state index in [0.717, 1.165) is 27.8 Å². The highest BCUT2D eigenvalue weighted by Gasteiger charge is 2.41. The maximum absolute atomic E-state index is 5.98. The smallest absolute Gasteiger partial charge is 0.179 e. The molecule has 3 unspecified atom stereocenters. The van der Waals surface area contributed by atoms with Gasteiger partial charge in [0.2, 0.25) is 0 Å². The third kappa shape index (κ3) is 1.48. The first-order valence-electron chi connectivity index (χ1n) is 6.48. The standard InChI is InChI=1S/C13H14ClN3S/c14-9-5-10-12(15-6-9)17(13(18)16-10)11-4-7-1-2-8(11)3-7/h5-8,11H,1-4H2,(H,16,18). The van der Waals surface area contributed by atoms with Crippen molar-refractivity contribution in [3.63, 3.8) is 0 Å². The van der Waals surface area contributed by atoms with Gasteiger partial charge in [-0.15, -0.1) is 0 Å². The molecule has 94 valence electrons. The molecule has 4 rings (SSSR count). The monoisotopic (exact) mass is 279 g/mol. The molecule has 2 fully saturated rings. The van der Waals surface area contributed by atoms with Crippen molar-refractivity contribution in [2.24, 2.45) is 11.8 Å². The third-order valence-electron chi connectivity index (χ3n) is 4.55. The van der Waals surface area contributed by atoms with Gasteiger partial charge in [-0.1, -0.05) is 18.0 Å². The number of nitrogens with one attached hydrogen (secondary N) is 1. The number of fused-ring (bicyclic) bond motifs is 3. The Bertz CT molecular complexity index is 674. The summed E-state index contributed by atoms with van der Waals surface area (Å²) < 4.78 is 3.02. The first-order chi connectivity index (χ1) is 8.72. The molecular formula is C13H14ClN3S. The van der Waals surface area contributed by atoms with Crippen molar-refractivity contribution in [2.45, 2.75) is 31.7 Å². The SMILES string of the molecule is S=c1[nH]c2cc(Cl)cnc2n1C1CC2CCC1C2. The zero-order valence-corrected chi connectivity index (χ0v) is 11.5. The molecule has 2 aromatic heterocycles. The van der Waals surface area contributed by atoms with E-state index in [1.165, 1.54) is 25.7 Å². The Hall–Kier alpha value is -0.870. The number of aromatic amines is 1. The molecule has 0 radical (unpaired) electrons. The minimum Gasteiger partial charge on any atom is -0.329 e. The van der Waals surface area contributed by atoms with Crippen molar-refractivity contribution < 1.29 is 0 Å². The second-order valence-electron chi connectivity index (χ2n) is 5.57. The van der Waals surface area contributed by atoms with Gasteiger partial charge in [-0.25, -0.2) is 4.98 Å². The molecule has 0 amide bonds. The lowest BCUT2D eigenvalue weighted by Gasteiger charge is -2.23. The number of H-pyrrole nitrogens is 1. The molecule has 3 nitrogen and oxygen atoms in total. The van der Waals surface area contributed by atoms with Crippen molar-refractivity contribution in [3.8, 4) is 0 Å². The average molecular weight is 280 g/mol. The number of nitrogens with zero attached hydrogens (tertiary/aromatic N) is 2. The number of hydrogen-bond donors (Lipinski definition) is 1. The van der Waals surface area contributed by atoms with E-state index in [0.29, 0.717) is 11.1 Å². The Morgan fingerprint density at radius 2 is 2.28 bits per heavy atom. The lowest BCUT2D eigenvalue weighted by molar-refractivity contribution is 0.332. The fourth-order valence-corrected chi connectivity index (χ4v) is 4.31. The third-order valence-corrected chi connectivity index (χ3v) is 5.06. The topological polar surface area (TPSA) is 33.6 Å². The summed E-state index contributed by atoms with van der Waals surface area (Å²) in [4.78, 5) is 7.70. The maximum Gasteiger partial charge on any atom is 0.179 e. The quantitative estimate of drug-likeness (QED) is 0.797. The summed E-state index contributed by atoms with van der Waals surface area (Å²) >= 11 is 11.5. The van der Waals surface area contributed by atoms with Gasteiger partial charge in [-0.3, -0.25) is 4.57 Å². The molecule has 2 aliphatic rings. The molecule has 2 heterocycles. The van der Waals surface area contributed by atoms with E-state index in [1.54, 1.807) is 6.20 Å². The van der Waals surface area contributed by atoms with Crippen LogP contribution in [0.3, 0.4) is 0 Å². The molecule has 18 heavy (non-hydrogen) atoms. The molecule has 2 aliphatic carbocycles. The molecule has 0 aromatic carbocycles. The molecular weight excluding hydrogens is 266 g/mol. The van der Waals surface area contributed by atoms with Gasteiger partial charge < -0.3 is 4.98 Å². The van der Waals surface area contributed by atoms with Crippen LogP contribution in [-0.2, 0) is 0 Å². The normalized spacial score (nSPS) is 30.4. The maximum atomic E-state index is 5.98. The van der Waals surface area contributed by atoms with Crippen molar-refractivity contribution in [1.29, 1.82) is 0 Å². The number of imidazole rings is 1. The van der Waals surface area contributed by atoms with Crippen molar-refractivity contribution in [2.75, 3.05) is 0 Å². The average Bonchev–Trinajstić information content (AvgIpc) is 3.00. The number of pyridine rings is 1. The molecule has 2 aromatic rings. The van der Waals surface area contributed by atoms with E-state index in [2.05, 4.69) is 14.5 Å². The van der Waals surface area contributed by atoms with Crippen LogP contribution in [0.25, 0.3) is 11.2 Å². The van der Waals surface area contributed by atoms with Crippen LogP contribution in [0, 0.1) is 16.6 Å². The van der Waals surface area contributed by atoms with Crippen LogP contribution >= 0.6 is 23.8 Å². The number of aromatic nitrogens is 3. The number of halogens is 1. The molecule has 2 saturated carbocycles. The van der Waals surface area contributed by atoms with Crippen LogP contribution in [-0.4, -0.2) is 14.5 Å². The highest BCUT2D eigenvalue weighted by atomic mass is 35.5. The van der Waals surface area contributed by atoms with Gasteiger partial charge >= 0.3 is 0 Å². The highest BCUT2D eigenvalue weighted by molar-refractivity contribution is 7.71. The van der Waals surface area contributed by atoms with Gasteiger partial charge in [-0.05, 0) is 49.4 Å². The Balaban J connectivity index is 1.90. The van der Waals surface area contributed by atoms with Crippen LogP contribution in [0.4, 0.5) is 0 Å². The zero-order chi connectivity index (χ0) is 12.3. The summed E-state index contributed by atoms with van der Waals surface area (Å²) in [6.45, 7) is 0. The van der Waals surface area contributed by atoms with Crippen LogP contribution in [0.1, 0.15) is 31.7 Å². The Morgan fingerprint density at radius 3 is 3.00 bits per heavy atom. The minimum atomic E-state index is 0.540. The highest BCUT2D eigenvalue weighted by Crippen LogP contribution is 2.51. The minimum absolute atomic E-state index is 0.540. The molecule has 0 spiro atoms. The predicted molar refractivity (Wildman–Crippen MR) is 74.4 cm³/mol. The van der Waals surface area contributed by atoms with Crippen LogP contribution in [0.5, 0.6) is 0 Å². The molecule has 2 bridgehead atoms. The first kappa shape index (κ1) is 11.0. The molecule has 5 heteroatoms. The lowest BCUT2D eigenvalue weighted by atomic mass is 9.95.